The maximum Gasteiger partial charge on any atom is 0.273 e. The zero-order valence-corrected chi connectivity index (χ0v) is 13.1. The summed E-state index contributed by atoms with van der Waals surface area (Å²) in [4.78, 5) is 10.4. The molecule has 0 fully saturated rings. The van der Waals surface area contributed by atoms with Gasteiger partial charge in [0.15, 0.2) is 0 Å². The first-order valence-corrected chi connectivity index (χ1v) is 8.89. The van der Waals surface area contributed by atoms with E-state index < -0.39 is 20.7 Å². The summed E-state index contributed by atoms with van der Waals surface area (Å²) in [5.41, 5.74) is 2.43. The van der Waals surface area contributed by atoms with Crippen LogP contribution >= 0.6 is 0 Å². The van der Waals surface area contributed by atoms with E-state index in [0.29, 0.717) is 6.54 Å². The van der Waals surface area contributed by atoms with Gasteiger partial charge in [0, 0.05) is 24.1 Å². The van der Waals surface area contributed by atoms with Gasteiger partial charge in [-0.2, -0.15) is 0 Å². The number of nitro benzene ring substituents is 1. The molecule has 2 aromatic carbocycles. The quantitative estimate of drug-likeness (QED) is 0.649. The third-order valence-corrected chi connectivity index (χ3v) is 5.34. The highest BCUT2D eigenvalue weighted by molar-refractivity contribution is 7.88. The highest BCUT2D eigenvalue weighted by atomic mass is 32.2. The molecule has 1 atom stereocenters. The lowest BCUT2D eigenvalue weighted by molar-refractivity contribution is -0.385. The molecule has 1 N–H and O–H groups in total. The van der Waals surface area contributed by atoms with Gasteiger partial charge in [0.25, 0.3) is 5.69 Å². The van der Waals surface area contributed by atoms with Crippen molar-refractivity contribution in [2.45, 2.75) is 18.1 Å². The van der Waals surface area contributed by atoms with E-state index in [1.165, 1.54) is 29.3 Å². The number of rotatable bonds is 6. The summed E-state index contributed by atoms with van der Waals surface area (Å²) in [5.74, 6) is -0.217. The average Bonchev–Trinajstić information content (AvgIpc) is 2.48. The topological polar surface area (TPSA) is 89.3 Å². The standard InChI is InChI=1S/C16H16N2O4S/c19-18(20)16-8-4-2-6-13(16)11-23(21,22)17-10-14-9-12-5-1-3-7-15(12)14/h1-8,14,17H,9-11H2/t14-/m0/s1. The van der Waals surface area contributed by atoms with E-state index in [4.69, 9.17) is 0 Å². The Kier molecular flexibility index (Phi) is 4.14. The second kappa shape index (κ2) is 6.10. The number of nitro groups is 1. The highest BCUT2D eigenvalue weighted by Crippen LogP contribution is 2.34. The van der Waals surface area contributed by atoms with Crippen molar-refractivity contribution in [2.75, 3.05) is 6.54 Å². The largest absolute Gasteiger partial charge is 0.273 e. The van der Waals surface area contributed by atoms with Crippen LogP contribution in [0.15, 0.2) is 48.5 Å². The Labute approximate surface area is 134 Å². The lowest BCUT2D eigenvalue weighted by atomic mass is 9.78. The molecule has 0 saturated heterocycles. The predicted octanol–water partition coefficient (Wildman–Crippen LogP) is 2.35. The van der Waals surface area contributed by atoms with Crippen LogP contribution in [0.2, 0.25) is 0 Å². The molecule has 0 radical (unpaired) electrons. The van der Waals surface area contributed by atoms with Gasteiger partial charge in [-0.3, -0.25) is 10.1 Å². The molecule has 6 nitrogen and oxygen atoms in total. The second-order valence-corrected chi connectivity index (χ2v) is 7.40. The number of sulfonamides is 1. The minimum atomic E-state index is -3.62. The maximum absolute atomic E-state index is 12.2. The van der Waals surface area contributed by atoms with Crippen molar-refractivity contribution in [2.24, 2.45) is 0 Å². The van der Waals surface area contributed by atoms with E-state index >= 15 is 0 Å². The fourth-order valence-electron chi connectivity index (χ4n) is 2.84. The number of nitrogens with one attached hydrogen (secondary N) is 1. The Balaban J connectivity index is 1.66. The van der Waals surface area contributed by atoms with Gasteiger partial charge < -0.3 is 0 Å². The Morgan fingerprint density at radius 3 is 2.57 bits per heavy atom. The van der Waals surface area contributed by atoms with Gasteiger partial charge in [-0.1, -0.05) is 42.5 Å². The lowest BCUT2D eigenvalue weighted by Crippen LogP contribution is -2.33. The van der Waals surface area contributed by atoms with Crippen molar-refractivity contribution in [3.8, 4) is 0 Å². The van der Waals surface area contributed by atoms with E-state index in [-0.39, 0.29) is 17.2 Å². The van der Waals surface area contributed by atoms with Crippen LogP contribution in [0.25, 0.3) is 0 Å². The SMILES string of the molecule is O=[N+]([O-])c1ccccc1CS(=O)(=O)NC[C@@H]1Cc2ccccc21. The average molecular weight is 332 g/mol. The Morgan fingerprint density at radius 1 is 1.13 bits per heavy atom. The molecular formula is C16H16N2O4S. The van der Waals surface area contributed by atoms with Crippen molar-refractivity contribution < 1.29 is 13.3 Å². The predicted molar refractivity (Wildman–Crippen MR) is 86.6 cm³/mol. The molecule has 0 bridgehead atoms. The molecule has 1 aliphatic rings. The molecule has 0 aromatic heterocycles. The molecular weight excluding hydrogens is 316 g/mol. The monoisotopic (exact) mass is 332 g/mol. The second-order valence-electron chi connectivity index (χ2n) is 5.59. The van der Waals surface area contributed by atoms with Crippen LogP contribution in [0.3, 0.4) is 0 Å². The van der Waals surface area contributed by atoms with E-state index in [1.54, 1.807) is 6.07 Å². The van der Waals surface area contributed by atoms with Gasteiger partial charge in [-0.25, -0.2) is 13.1 Å². The molecule has 0 spiro atoms. The van der Waals surface area contributed by atoms with Crippen molar-refractivity contribution in [1.29, 1.82) is 0 Å². The highest BCUT2D eigenvalue weighted by Gasteiger charge is 2.27. The molecule has 120 valence electrons. The van der Waals surface area contributed by atoms with Gasteiger partial charge in [0.2, 0.25) is 10.0 Å². The van der Waals surface area contributed by atoms with Gasteiger partial charge >= 0.3 is 0 Å². The van der Waals surface area contributed by atoms with Crippen LogP contribution < -0.4 is 4.72 Å². The fraction of sp³-hybridized carbons (Fsp3) is 0.250. The smallest absolute Gasteiger partial charge is 0.258 e. The number of para-hydroxylation sites is 1. The van der Waals surface area contributed by atoms with Crippen LogP contribution in [0.1, 0.15) is 22.6 Å². The summed E-state index contributed by atoms with van der Waals surface area (Å²) in [7, 11) is -3.62. The molecule has 0 aliphatic heterocycles. The third-order valence-electron chi connectivity index (χ3n) is 4.04. The summed E-state index contributed by atoms with van der Waals surface area (Å²) < 4.78 is 27.0. The summed E-state index contributed by atoms with van der Waals surface area (Å²) in [6, 6.07) is 13.8. The van der Waals surface area contributed by atoms with Crippen LogP contribution in [-0.2, 0) is 22.2 Å². The normalized spacial score (nSPS) is 16.4. The fourth-order valence-corrected chi connectivity index (χ4v) is 4.05. The molecule has 0 unspecified atom stereocenters. The first kappa shape index (κ1) is 15.6. The zero-order chi connectivity index (χ0) is 16.4. The van der Waals surface area contributed by atoms with Crippen molar-refractivity contribution >= 4 is 15.7 Å². The van der Waals surface area contributed by atoms with Crippen LogP contribution in [-0.4, -0.2) is 19.9 Å². The summed E-state index contributed by atoms with van der Waals surface area (Å²) in [5, 5.41) is 11.0. The van der Waals surface area contributed by atoms with Crippen molar-refractivity contribution in [3.63, 3.8) is 0 Å². The molecule has 1 aliphatic carbocycles. The van der Waals surface area contributed by atoms with Crippen molar-refractivity contribution in [3.05, 3.63) is 75.3 Å². The number of benzene rings is 2. The minimum absolute atomic E-state index is 0.173. The molecule has 3 rings (SSSR count). The summed E-state index contributed by atoms with van der Waals surface area (Å²) in [6.07, 6.45) is 0.851. The number of hydrogen-bond acceptors (Lipinski definition) is 4. The molecule has 23 heavy (non-hydrogen) atoms. The number of nitrogens with zero attached hydrogens (tertiary/aromatic N) is 1. The van der Waals surface area contributed by atoms with E-state index in [9.17, 15) is 18.5 Å². The molecule has 0 heterocycles. The van der Waals surface area contributed by atoms with E-state index in [1.807, 2.05) is 24.3 Å². The van der Waals surface area contributed by atoms with Crippen LogP contribution in [0.5, 0.6) is 0 Å². The van der Waals surface area contributed by atoms with Crippen molar-refractivity contribution in [1.82, 2.24) is 4.72 Å². The summed E-state index contributed by atoms with van der Waals surface area (Å²) >= 11 is 0. The summed E-state index contributed by atoms with van der Waals surface area (Å²) in [6.45, 7) is 0.319. The number of hydrogen-bond donors (Lipinski definition) is 1. The Morgan fingerprint density at radius 2 is 1.83 bits per heavy atom. The van der Waals surface area contributed by atoms with E-state index in [2.05, 4.69) is 4.72 Å². The minimum Gasteiger partial charge on any atom is -0.258 e. The Hall–Kier alpha value is -2.25. The van der Waals surface area contributed by atoms with Gasteiger partial charge in [-0.15, -0.1) is 0 Å². The van der Waals surface area contributed by atoms with E-state index in [0.717, 1.165) is 6.42 Å². The molecule has 2 aromatic rings. The number of fused-ring (bicyclic) bond motifs is 1. The van der Waals surface area contributed by atoms with Crippen LogP contribution in [0, 0.1) is 10.1 Å². The molecule has 7 heteroatoms. The van der Waals surface area contributed by atoms with Gasteiger partial charge in [0.1, 0.15) is 0 Å². The van der Waals surface area contributed by atoms with Gasteiger partial charge in [0.05, 0.1) is 10.7 Å². The Bertz CT molecular complexity index is 849. The molecule has 0 saturated carbocycles. The van der Waals surface area contributed by atoms with Gasteiger partial charge in [-0.05, 0) is 17.5 Å². The lowest BCUT2D eigenvalue weighted by Gasteiger charge is -2.30. The molecule has 0 amide bonds. The first-order valence-electron chi connectivity index (χ1n) is 7.24. The zero-order valence-electron chi connectivity index (χ0n) is 12.3. The maximum atomic E-state index is 12.2. The van der Waals surface area contributed by atoms with Crippen LogP contribution in [0.4, 0.5) is 5.69 Å². The first-order chi connectivity index (χ1) is 11.0. The third kappa shape index (κ3) is 3.40.